The van der Waals surface area contributed by atoms with Crippen molar-refractivity contribution in [3.63, 3.8) is 0 Å². The molecule has 2 heterocycles. The molecule has 2 fully saturated rings. The lowest BCUT2D eigenvalue weighted by Gasteiger charge is -1.95. The van der Waals surface area contributed by atoms with Crippen LogP contribution in [0.4, 0.5) is 0 Å². The minimum absolute atomic E-state index is 0.392. The average molecular weight is 216 g/mol. The van der Waals surface area contributed by atoms with Crippen LogP contribution in [0.3, 0.4) is 0 Å². The van der Waals surface area contributed by atoms with Crippen molar-refractivity contribution in [2.45, 2.75) is 12.2 Å². The van der Waals surface area contributed by atoms with Gasteiger partial charge < -0.3 is 18.9 Å². The fourth-order valence-corrected chi connectivity index (χ4v) is 0.743. The van der Waals surface area contributed by atoms with Crippen molar-refractivity contribution in [3.8, 4) is 0 Å². The first kappa shape index (κ1) is 12.2. The molecule has 0 radical (unpaired) electrons. The number of ether oxygens (including phenoxy) is 4. The largest absolute Gasteiger partial charge is 0.466 e. The number of carbonyl (C=O) groups is 1. The van der Waals surface area contributed by atoms with Gasteiger partial charge >= 0.3 is 5.97 Å². The fraction of sp³-hybridized carbons (Fsp3) is 0.700. The van der Waals surface area contributed by atoms with E-state index in [1.165, 1.54) is 7.11 Å². The molecule has 0 saturated carbocycles. The van der Waals surface area contributed by atoms with Crippen LogP contribution in [0.25, 0.3) is 0 Å². The Hall–Kier alpha value is -0.910. The van der Waals surface area contributed by atoms with Crippen molar-refractivity contribution in [2.24, 2.45) is 0 Å². The van der Waals surface area contributed by atoms with E-state index in [0.717, 1.165) is 32.5 Å². The van der Waals surface area contributed by atoms with Crippen LogP contribution < -0.4 is 0 Å². The molecule has 15 heavy (non-hydrogen) atoms. The Morgan fingerprint density at radius 2 is 1.87 bits per heavy atom. The van der Waals surface area contributed by atoms with Gasteiger partial charge in [0, 0.05) is 6.08 Å². The lowest BCUT2D eigenvalue weighted by atomic mass is 10.5. The molecule has 0 aromatic carbocycles. The molecule has 2 aliphatic rings. The summed E-state index contributed by atoms with van der Waals surface area (Å²) in [6, 6.07) is 0. The van der Waals surface area contributed by atoms with E-state index < -0.39 is 5.97 Å². The van der Waals surface area contributed by atoms with Crippen LogP contribution in [0, 0.1) is 0 Å². The first-order valence-corrected chi connectivity index (χ1v) is 4.77. The van der Waals surface area contributed by atoms with Gasteiger partial charge in [0.15, 0.2) is 0 Å². The van der Waals surface area contributed by atoms with Crippen molar-refractivity contribution in [2.75, 3.05) is 33.5 Å². The van der Waals surface area contributed by atoms with Crippen molar-refractivity contribution in [1.29, 1.82) is 0 Å². The minimum Gasteiger partial charge on any atom is -0.466 e. The molecular weight excluding hydrogens is 200 g/mol. The van der Waals surface area contributed by atoms with Gasteiger partial charge in [0.05, 0.1) is 33.5 Å². The Kier molecular flexibility index (Phi) is 5.31. The first-order valence-electron chi connectivity index (χ1n) is 4.77. The SMILES string of the molecule is C(OCC1CO1)C1CO1.C=CC(=O)OC. The summed E-state index contributed by atoms with van der Waals surface area (Å²) < 4.78 is 19.3. The number of esters is 1. The van der Waals surface area contributed by atoms with E-state index >= 15 is 0 Å². The summed E-state index contributed by atoms with van der Waals surface area (Å²) in [5.41, 5.74) is 0. The van der Waals surface area contributed by atoms with E-state index in [1.54, 1.807) is 0 Å². The summed E-state index contributed by atoms with van der Waals surface area (Å²) >= 11 is 0. The molecule has 0 aromatic heterocycles. The van der Waals surface area contributed by atoms with Crippen molar-refractivity contribution >= 4 is 5.97 Å². The molecule has 86 valence electrons. The van der Waals surface area contributed by atoms with Crippen molar-refractivity contribution < 1.29 is 23.7 Å². The highest BCUT2D eigenvalue weighted by molar-refractivity contribution is 5.80. The molecule has 0 aromatic rings. The van der Waals surface area contributed by atoms with E-state index in [1.807, 2.05) is 0 Å². The summed E-state index contributed by atoms with van der Waals surface area (Å²) in [5, 5.41) is 0. The molecule has 5 nitrogen and oxygen atoms in total. The van der Waals surface area contributed by atoms with Crippen LogP contribution in [-0.4, -0.2) is 51.7 Å². The second-order valence-electron chi connectivity index (χ2n) is 3.18. The van der Waals surface area contributed by atoms with Gasteiger partial charge in [0.25, 0.3) is 0 Å². The van der Waals surface area contributed by atoms with Gasteiger partial charge in [0.2, 0.25) is 0 Å². The van der Waals surface area contributed by atoms with Crippen LogP contribution >= 0.6 is 0 Å². The Balaban J connectivity index is 0.000000167. The average Bonchev–Trinajstić information content (AvgIpc) is 3.11. The fourth-order valence-electron chi connectivity index (χ4n) is 0.743. The molecule has 0 N–H and O–H groups in total. The topological polar surface area (TPSA) is 60.6 Å². The molecule has 0 spiro atoms. The second kappa shape index (κ2) is 6.55. The van der Waals surface area contributed by atoms with Gasteiger partial charge in [-0.3, -0.25) is 0 Å². The quantitative estimate of drug-likeness (QED) is 0.372. The maximum absolute atomic E-state index is 9.84. The van der Waals surface area contributed by atoms with Crippen LogP contribution in [-0.2, 0) is 23.7 Å². The molecular formula is C10H16O5. The highest BCUT2D eigenvalue weighted by Gasteiger charge is 2.26. The van der Waals surface area contributed by atoms with Gasteiger partial charge in [-0.1, -0.05) is 6.58 Å². The van der Waals surface area contributed by atoms with E-state index in [-0.39, 0.29) is 0 Å². The number of carbonyl (C=O) groups excluding carboxylic acids is 1. The zero-order chi connectivity index (χ0) is 11.1. The standard InChI is InChI=1S/C6H10O3.C4H6O2/c1(5-3-8-5)7-2-6-4-9-6;1-3-4(5)6-2/h5-6H,1-4H2;3H,1H2,2H3. The maximum Gasteiger partial charge on any atom is 0.329 e. The Bertz CT molecular complexity index is 196. The third kappa shape index (κ3) is 7.07. The van der Waals surface area contributed by atoms with Crippen LogP contribution in [0.15, 0.2) is 12.7 Å². The van der Waals surface area contributed by atoms with Crippen LogP contribution in [0.2, 0.25) is 0 Å². The molecule has 2 saturated heterocycles. The third-order valence-corrected chi connectivity index (χ3v) is 1.78. The highest BCUT2D eigenvalue weighted by Crippen LogP contribution is 2.12. The summed E-state index contributed by atoms with van der Waals surface area (Å²) in [4.78, 5) is 9.84. The van der Waals surface area contributed by atoms with Crippen molar-refractivity contribution in [1.82, 2.24) is 0 Å². The van der Waals surface area contributed by atoms with Gasteiger partial charge in [-0.2, -0.15) is 0 Å². The van der Waals surface area contributed by atoms with Crippen LogP contribution in [0.5, 0.6) is 0 Å². The summed E-state index contributed by atoms with van der Waals surface area (Å²) in [6.07, 6.45) is 1.90. The molecule has 2 rings (SSSR count). The minimum atomic E-state index is -0.394. The molecule has 0 aliphatic carbocycles. The van der Waals surface area contributed by atoms with E-state index in [9.17, 15) is 4.79 Å². The Morgan fingerprint density at radius 1 is 1.40 bits per heavy atom. The predicted octanol–water partition coefficient (Wildman–Crippen LogP) is 0.146. The van der Waals surface area contributed by atoms with Crippen LogP contribution in [0.1, 0.15) is 0 Å². The molecule has 2 atom stereocenters. The lowest BCUT2D eigenvalue weighted by molar-refractivity contribution is -0.134. The third-order valence-electron chi connectivity index (χ3n) is 1.78. The molecule has 0 amide bonds. The van der Waals surface area contributed by atoms with E-state index in [0.29, 0.717) is 12.2 Å². The van der Waals surface area contributed by atoms with E-state index in [2.05, 4.69) is 11.3 Å². The highest BCUT2D eigenvalue weighted by atomic mass is 16.6. The number of hydrogen-bond donors (Lipinski definition) is 0. The number of methoxy groups -OCH3 is 1. The van der Waals surface area contributed by atoms with Gasteiger partial charge in [-0.25, -0.2) is 4.79 Å². The first-order chi connectivity index (χ1) is 7.26. The van der Waals surface area contributed by atoms with E-state index in [4.69, 9.17) is 14.2 Å². The Labute approximate surface area is 88.9 Å². The zero-order valence-corrected chi connectivity index (χ0v) is 8.81. The number of rotatable bonds is 5. The van der Waals surface area contributed by atoms with Gasteiger partial charge in [0.1, 0.15) is 12.2 Å². The Morgan fingerprint density at radius 3 is 2.07 bits per heavy atom. The molecule has 2 aliphatic heterocycles. The lowest BCUT2D eigenvalue weighted by Crippen LogP contribution is -2.06. The molecule has 0 bridgehead atoms. The number of hydrogen-bond acceptors (Lipinski definition) is 5. The molecule has 5 heteroatoms. The van der Waals surface area contributed by atoms with Gasteiger partial charge in [-0.05, 0) is 0 Å². The maximum atomic E-state index is 9.84. The monoisotopic (exact) mass is 216 g/mol. The van der Waals surface area contributed by atoms with Crippen molar-refractivity contribution in [3.05, 3.63) is 12.7 Å². The second-order valence-corrected chi connectivity index (χ2v) is 3.18. The number of epoxide rings is 2. The summed E-state index contributed by atoms with van der Waals surface area (Å²) in [7, 11) is 1.31. The smallest absolute Gasteiger partial charge is 0.329 e. The molecule has 2 unspecified atom stereocenters. The predicted molar refractivity (Wildman–Crippen MR) is 52.5 cm³/mol. The van der Waals surface area contributed by atoms with Gasteiger partial charge in [-0.15, -0.1) is 0 Å². The zero-order valence-electron chi connectivity index (χ0n) is 8.81. The normalized spacial score (nSPS) is 25.9. The summed E-state index contributed by atoms with van der Waals surface area (Å²) in [5.74, 6) is -0.394. The summed E-state index contributed by atoms with van der Waals surface area (Å²) in [6.45, 7) is 6.42.